The standard InChI is InChI=1S/C25H17BrCl2FNO4S/c1-33-21-10-16(8-18(26)23(21)34-13-14-2-5-17(29)6-3-14)11-22-24(31)30(25(32)35-22)12-15-4-7-19(27)20(28)9-15/h2-11H,12-13H2,1H3/b22-11-. The summed E-state index contributed by atoms with van der Waals surface area (Å²) in [6.45, 7) is 0.296. The third-order valence-electron chi connectivity index (χ3n) is 5.04. The summed E-state index contributed by atoms with van der Waals surface area (Å²) in [5.74, 6) is 0.167. The molecule has 4 rings (SSSR count). The van der Waals surface area contributed by atoms with Gasteiger partial charge >= 0.3 is 0 Å². The molecule has 3 aromatic carbocycles. The van der Waals surface area contributed by atoms with Crippen molar-refractivity contribution in [1.82, 2.24) is 4.90 Å². The van der Waals surface area contributed by atoms with E-state index in [-0.39, 0.29) is 29.1 Å². The van der Waals surface area contributed by atoms with Crippen LogP contribution in [0.5, 0.6) is 11.5 Å². The molecule has 0 radical (unpaired) electrons. The van der Waals surface area contributed by atoms with Crippen molar-refractivity contribution in [2.24, 2.45) is 0 Å². The van der Waals surface area contributed by atoms with Crippen molar-refractivity contribution < 1.29 is 23.5 Å². The Morgan fingerprint density at radius 1 is 1.03 bits per heavy atom. The Kier molecular flexibility index (Phi) is 8.06. The lowest BCUT2D eigenvalue weighted by molar-refractivity contribution is -0.123. The summed E-state index contributed by atoms with van der Waals surface area (Å²) in [5, 5.41) is 0.372. The largest absolute Gasteiger partial charge is 0.493 e. The topological polar surface area (TPSA) is 55.8 Å². The van der Waals surface area contributed by atoms with Crippen molar-refractivity contribution in [2.45, 2.75) is 13.2 Å². The number of hydrogen-bond acceptors (Lipinski definition) is 5. The molecule has 1 fully saturated rings. The number of benzene rings is 3. The van der Waals surface area contributed by atoms with E-state index in [1.807, 2.05) is 0 Å². The zero-order valence-electron chi connectivity index (χ0n) is 18.2. The predicted octanol–water partition coefficient (Wildman–Crippen LogP) is 7.72. The van der Waals surface area contributed by atoms with Gasteiger partial charge in [-0.2, -0.15) is 0 Å². The van der Waals surface area contributed by atoms with Crippen LogP contribution in [-0.4, -0.2) is 23.2 Å². The summed E-state index contributed by atoms with van der Waals surface area (Å²) in [6.07, 6.45) is 1.62. The van der Waals surface area contributed by atoms with Crippen LogP contribution in [0.15, 0.2) is 64.0 Å². The predicted molar refractivity (Wildman–Crippen MR) is 139 cm³/mol. The van der Waals surface area contributed by atoms with Crippen molar-refractivity contribution in [3.63, 3.8) is 0 Å². The van der Waals surface area contributed by atoms with Crippen LogP contribution in [0.3, 0.4) is 0 Å². The van der Waals surface area contributed by atoms with Gasteiger partial charge in [0.05, 0.1) is 33.1 Å². The zero-order chi connectivity index (χ0) is 25.1. The number of thioether (sulfide) groups is 1. The summed E-state index contributed by atoms with van der Waals surface area (Å²) in [5.41, 5.74) is 2.12. The fourth-order valence-corrected chi connectivity index (χ4v) is 5.04. The molecule has 0 N–H and O–H groups in total. The van der Waals surface area contributed by atoms with Gasteiger partial charge in [-0.25, -0.2) is 4.39 Å². The van der Waals surface area contributed by atoms with Gasteiger partial charge in [-0.1, -0.05) is 41.4 Å². The highest BCUT2D eigenvalue weighted by Crippen LogP contribution is 2.40. The number of halogens is 4. The third-order valence-corrected chi connectivity index (χ3v) is 7.28. The fraction of sp³-hybridized carbons (Fsp3) is 0.120. The van der Waals surface area contributed by atoms with Gasteiger partial charge in [0, 0.05) is 0 Å². The van der Waals surface area contributed by atoms with Crippen LogP contribution in [-0.2, 0) is 17.9 Å². The second kappa shape index (κ2) is 11.0. The maximum Gasteiger partial charge on any atom is 0.293 e. The average Bonchev–Trinajstić information content (AvgIpc) is 3.08. The Balaban J connectivity index is 1.52. The molecule has 0 aromatic heterocycles. The van der Waals surface area contributed by atoms with Gasteiger partial charge in [0.1, 0.15) is 12.4 Å². The molecule has 3 aromatic rings. The molecule has 5 nitrogen and oxygen atoms in total. The highest BCUT2D eigenvalue weighted by atomic mass is 79.9. The number of nitrogens with zero attached hydrogens (tertiary/aromatic N) is 1. The molecule has 1 heterocycles. The molecule has 0 bridgehead atoms. The summed E-state index contributed by atoms with van der Waals surface area (Å²) in [6, 6.07) is 14.4. The minimum atomic E-state index is -0.405. The molecule has 2 amide bonds. The number of carbonyl (C=O) groups excluding carboxylic acids is 2. The number of amides is 2. The van der Waals surface area contributed by atoms with Crippen LogP contribution in [0.1, 0.15) is 16.7 Å². The van der Waals surface area contributed by atoms with Crippen LogP contribution in [0.25, 0.3) is 6.08 Å². The summed E-state index contributed by atoms with van der Waals surface area (Å²) >= 11 is 16.3. The fourth-order valence-electron chi connectivity index (χ4n) is 3.31. The molecule has 10 heteroatoms. The second-order valence-electron chi connectivity index (χ2n) is 7.47. The maximum absolute atomic E-state index is 13.1. The lowest BCUT2D eigenvalue weighted by Crippen LogP contribution is -2.27. The first kappa shape index (κ1) is 25.6. The molecule has 0 spiro atoms. The molecule has 0 aliphatic carbocycles. The summed E-state index contributed by atoms with van der Waals surface area (Å²) in [7, 11) is 1.50. The Morgan fingerprint density at radius 3 is 2.43 bits per heavy atom. The summed E-state index contributed by atoms with van der Waals surface area (Å²) in [4.78, 5) is 26.9. The number of carbonyl (C=O) groups is 2. The van der Waals surface area contributed by atoms with Gasteiger partial charge < -0.3 is 9.47 Å². The van der Waals surface area contributed by atoms with Crippen molar-refractivity contribution in [3.05, 3.63) is 96.5 Å². The molecule has 1 aliphatic rings. The molecule has 35 heavy (non-hydrogen) atoms. The smallest absolute Gasteiger partial charge is 0.293 e. The van der Waals surface area contributed by atoms with Gasteiger partial charge in [-0.05, 0) is 86.9 Å². The van der Waals surface area contributed by atoms with Crippen molar-refractivity contribution in [2.75, 3.05) is 7.11 Å². The highest BCUT2D eigenvalue weighted by Gasteiger charge is 2.35. The van der Waals surface area contributed by atoms with Crippen molar-refractivity contribution in [3.8, 4) is 11.5 Å². The first-order valence-corrected chi connectivity index (χ1v) is 12.6. The van der Waals surface area contributed by atoms with E-state index in [4.69, 9.17) is 32.7 Å². The van der Waals surface area contributed by atoms with E-state index in [2.05, 4.69) is 15.9 Å². The van der Waals surface area contributed by atoms with Gasteiger partial charge in [0.15, 0.2) is 11.5 Å². The lowest BCUT2D eigenvalue weighted by Gasteiger charge is -2.14. The second-order valence-corrected chi connectivity index (χ2v) is 10.1. The minimum Gasteiger partial charge on any atom is -0.493 e. The van der Waals surface area contributed by atoms with E-state index in [0.29, 0.717) is 37.1 Å². The van der Waals surface area contributed by atoms with Crippen molar-refractivity contribution in [1.29, 1.82) is 0 Å². The minimum absolute atomic E-state index is 0.0854. The SMILES string of the molecule is COc1cc(/C=C2\SC(=O)N(Cc3ccc(Cl)c(Cl)c3)C2=O)cc(Br)c1OCc1ccc(F)cc1. The Morgan fingerprint density at radius 2 is 1.74 bits per heavy atom. The van der Waals surface area contributed by atoms with Crippen LogP contribution < -0.4 is 9.47 Å². The van der Waals surface area contributed by atoms with Crippen LogP contribution >= 0.6 is 50.9 Å². The van der Waals surface area contributed by atoms with Crippen LogP contribution in [0, 0.1) is 5.82 Å². The molecule has 1 saturated heterocycles. The molecular weight excluding hydrogens is 580 g/mol. The third kappa shape index (κ3) is 6.01. The van der Waals surface area contributed by atoms with Gasteiger partial charge in [0.25, 0.3) is 11.1 Å². The maximum atomic E-state index is 13.1. The quantitative estimate of drug-likeness (QED) is 0.261. The molecule has 0 atom stereocenters. The van der Waals surface area contributed by atoms with E-state index < -0.39 is 5.91 Å². The number of hydrogen-bond donors (Lipinski definition) is 0. The monoisotopic (exact) mass is 595 g/mol. The van der Waals surface area contributed by atoms with E-state index >= 15 is 0 Å². The molecule has 0 unspecified atom stereocenters. The van der Waals surface area contributed by atoms with E-state index in [0.717, 1.165) is 22.2 Å². The summed E-state index contributed by atoms with van der Waals surface area (Å²) < 4.78 is 25.1. The van der Waals surface area contributed by atoms with E-state index in [1.165, 1.54) is 19.2 Å². The van der Waals surface area contributed by atoms with E-state index in [9.17, 15) is 14.0 Å². The number of methoxy groups -OCH3 is 1. The lowest BCUT2D eigenvalue weighted by atomic mass is 10.1. The van der Waals surface area contributed by atoms with Gasteiger partial charge in [0.2, 0.25) is 0 Å². The van der Waals surface area contributed by atoms with Crippen molar-refractivity contribution >= 4 is 68.1 Å². The normalized spacial score (nSPS) is 14.7. The Hall–Kier alpha value is -2.52. The van der Waals surface area contributed by atoms with Crippen LogP contribution in [0.4, 0.5) is 9.18 Å². The zero-order valence-corrected chi connectivity index (χ0v) is 22.1. The van der Waals surface area contributed by atoms with Gasteiger partial charge in [-0.15, -0.1) is 0 Å². The Bertz CT molecular complexity index is 1330. The average molecular weight is 597 g/mol. The van der Waals surface area contributed by atoms with E-state index in [1.54, 1.807) is 48.5 Å². The Labute approximate surface area is 223 Å². The first-order valence-electron chi connectivity index (χ1n) is 10.2. The number of ether oxygens (including phenoxy) is 2. The first-order chi connectivity index (χ1) is 16.7. The van der Waals surface area contributed by atoms with Gasteiger partial charge in [-0.3, -0.25) is 14.5 Å². The number of rotatable bonds is 7. The molecule has 180 valence electrons. The molecule has 1 aliphatic heterocycles. The van der Waals surface area contributed by atoms with Crippen LogP contribution in [0.2, 0.25) is 10.0 Å². The molecular formula is C25H17BrCl2FNO4S. The highest BCUT2D eigenvalue weighted by molar-refractivity contribution is 9.10. The molecule has 0 saturated carbocycles. The number of imide groups is 1.